The van der Waals surface area contributed by atoms with E-state index in [4.69, 9.17) is 11.5 Å². The second kappa shape index (κ2) is 6.47. The highest BCUT2D eigenvalue weighted by Gasteiger charge is 2.03. The molecule has 0 atom stereocenters. The van der Waals surface area contributed by atoms with Crippen LogP contribution in [0.3, 0.4) is 0 Å². The van der Waals surface area contributed by atoms with Crippen molar-refractivity contribution in [1.29, 1.82) is 0 Å². The number of rotatable bonds is 5. The third-order valence-corrected chi connectivity index (χ3v) is 1.98. The topological polar surface area (TPSA) is 93.5 Å². The first-order valence-corrected chi connectivity index (χ1v) is 5.14. The van der Waals surface area contributed by atoms with Gasteiger partial charge < -0.3 is 16.8 Å². The molecule has 1 amide bonds. The summed E-state index contributed by atoms with van der Waals surface area (Å²) in [5.74, 6) is -0.554. The van der Waals surface area contributed by atoms with E-state index >= 15 is 0 Å². The molecule has 5 N–H and O–H groups in total. The Kier molecular flexibility index (Phi) is 4.93. The molecule has 0 bridgehead atoms. The Morgan fingerprint density at radius 2 is 2.18 bits per heavy atom. The van der Waals surface area contributed by atoms with Crippen LogP contribution in [0, 0.1) is 5.82 Å². The molecule has 92 valence electrons. The lowest BCUT2D eigenvalue weighted by atomic mass is 10.1. The number of hydrogen-bond donors (Lipinski definition) is 3. The molecule has 0 aliphatic rings. The summed E-state index contributed by atoms with van der Waals surface area (Å²) in [5, 5.41) is 2.63. The average molecular weight is 238 g/mol. The molecule has 0 aromatic heterocycles. The fourth-order valence-electron chi connectivity index (χ4n) is 1.28. The monoisotopic (exact) mass is 238 g/mol. The first kappa shape index (κ1) is 13.0. The van der Waals surface area contributed by atoms with E-state index in [9.17, 15) is 9.18 Å². The minimum atomic E-state index is -0.351. The van der Waals surface area contributed by atoms with Crippen LogP contribution in [-0.4, -0.2) is 25.0 Å². The molecule has 0 spiro atoms. The summed E-state index contributed by atoms with van der Waals surface area (Å²) < 4.78 is 12.8. The molecule has 5 nitrogen and oxygen atoms in total. The maximum atomic E-state index is 12.8. The number of nitrogens with two attached hydrogens (primary N) is 2. The Labute approximate surface area is 98.7 Å². The molecule has 0 unspecified atom stereocenters. The van der Waals surface area contributed by atoms with Crippen molar-refractivity contribution in [2.45, 2.75) is 6.42 Å². The van der Waals surface area contributed by atoms with Gasteiger partial charge >= 0.3 is 0 Å². The summed E-state index contributed by atoms with van der Waals surface area (Å²) in [6.07, 6.45) is 0.138. The maximum absolute atomic E-state index is 12.8. The van der Waals surface area contributed by atoms with Crippen molar-refractivity contribution in [3.63, 3.8) is 0 Å². The van der Waals surface area contributed by atoms with Crippen LogP contribution < -0.4 is 16.8 Å². The Balaban J connectivity index is 2.32. The van der Waals surface area contributed by atoms with E-state index in [1.807, 2.05) is 0 Å². The highest BCUT2D eigenvalue weighted by molar-refractivity contribution is 5.78. The molecule has 17 heavy (non-hydrogen) atoms. The predicted octanol–water partition coefficient (Wildman–Crippen LogP) is -0.242. The molecule has 0 aliphatic carbocycles. The lowest BCUT2D eigenvalue weighted by molar-refractivity contribution is -0.120. The number of aliphatic imine (C=N–C) groups is 1. The van der Waals surface area contributed by atoms with E-state index in [0.717, 1.165) is 0 Å². The van der Waals surface area contributed by atoms with Gasteiger partial charge in [-0.05, 0) is 17.7 Å². The summed E-state index contributed by atoms with van der Waals surface area (Å²) in [7, 11) is 0. The zero-order valence-corrected chi connectivity index (χ0v) is 9.32. The second-order valence-corrected chi connectivity index (χ2v) is 3.46. The molecule has 0 radical (unpaired) electrons. The number of guanidine groups is 1. The highest BCUT2D eigenvalue weighted by atomic mass is 19.1. The number of nitrogens with zero attached hydrogens (tertiary/aromatic N) is 1. The third kappa shape index (κ3) is 5.50. The van der Waals surface area contributed by atoms with Crippen molar-refractivity contribution in [1.82, 2.24) is 5.32 Å². The van der Waals surface area contributed by atoms with Crippen LogP contribution in [-0.2, 0) is 11.2 Å². The molecule has 0 heterocycles. The number of benzene rings is 1. The van der Waals surface area contributed by atoms with Gasteiger partial charge in [-0.2, -0.15) is 0 Å². The molecular formula is C11H15FN4O. The van der Waals surface area contributed by atoms with Crippen LogP contribution in [0.1, 0.15) is 5.56 Å². The lowest BCUT2D eigenvalue weighted by Gasteiger charge is -2.03. The van der Waals surface area contributed by atoms with E-state index in [0.29, 0.717) is 18.7 Å². The normalized spacial score (nSPS) is 9.71. The van der Waals surface area contributed by atoms with E-state index in [1.165, 1.54) is 12.1 Å². The largest absolute Gasteiger partial charge is 0.370 e. The van der Waals surface area contributed by atoms with Crippen molar-refractivity contribution >= 4 is 11.9 Å². The first-order valence-electron chi connectivity index (χ1n) is 5.14. The quantitative estimate of drug-likeness (QED) is 0.375. The van der Waals surface area contributed by atoms with Crippen LogP contribution in [0.15, 0.2) is 29.3 Å². The molecule has 1 aromatic carbocycles. The lowest BCUT2D eigenvalue weighted by Crippen LogP contribution is -2.29. The molecule has 1 aromatic rings. The predicted molar refractivity (Wildman–Crippen MR) is 63.8 cm³/mol. The minimum absolute atomic E-state index is 0.00983. The molecule has 0 saturated heterocycles. The number of hydrogen-bond acceptors (Lipinski definition) is 2. The smallest absolute Gasteiger partial charge is 0.224 e. The van der Waals surface area contributed by atoms with Crippen molar-refractivity contribution < 1.29 is 9.18 Å². The maximum Gasteiger partial charge on any atom is 0.224 e. The van der Waals surface area contributed by atoms with Gasteiger partial charge in [0.05, 0.1) is 13.0 Å². The standard InChI is InChI=1S/C11H15FN4O/c12-9-3-1-2-8(6-9)7-10(17)15-4-5-16-11(13)14/h1-3,6H,4-5,7H2,(H,15,17)(H4,13,14,16). The SMILES string of the molecule is NC(N)=NCCNC(=O)Cc1cccc(F)c1. The Morgan fingerprint density at radius 1 is 1.41 bits per heavy atom. The summed E-state index contributed by atoms with van der Waals surface area (Å²) in [4.78, 5) is 15.1. The van der Waals surface area contributed by atoms with E-state index in [2.05, 4.69) is 10.3 Å². The number of nitrogens with one attached hydrogen (secondary N) is 1. The molecule has 0 fully saturated rings. The fraction of sp³-hybridized carbons (Fsp3) is 0.273. The highest BCUT2D eigenvalue weighted by Crippen LogP contribution is 2.03. The van der Waals surface area contributed by atoms with E-state index in [-0.39, 0.29) is 24.1 Å². The summed E-state index contributed by atoms with van der Waals surface area (Å²) >= 11 is 0. The van der Waals surface area contributed by atoms with Gasteiger partial charge in [-0.15, -0.1) is 0 Å². The van der Waals surface area contributed by atoms with Crippen LogP contribution >= 0.6 is 0 Å². The summed E-state index contributed by atoms with van der Waals surface area (Å²) in [6, 6.07) is 5.92. The van der Waals surface area contributed by atoms with Crippen molar-refractivity contribution in [3.05, 3.63) is 35.6 Å². The minimum Gasteiger partial charge on any atom is -0.370 e. The van der Waals surface area contributed by atoms with Crippen LogP contribution in [0.25, 0.3) is 0 Å². The summed E-state index contributed by atoms with van der Waals surface area (Å²) in [6.45, 7) is 0.684. The number of carbonyl (C=O) groups excluding carboxylic acids is 1. The Bertz CT molecular complexity index is 416. The van der Waals surface area contributed by atoms with E-state index in [1.54, 1.807) is 12.1 Å². The molecular weight excluding hydrogens is 223 g/mol. The van der Waals surface area contributed by atoms with Gasteiger partial charge in [-0.1, -0.05) is 12.1 Å². The average Bonchev–Trinajstić information content (AvgIpc) is 2.24. The van der Waals surface area contributed by atoms with Crippen molar-refractivity contribution in [2.75, 3.05) is 13.1 Å². The molecule has 0 aliphatic heterocycles. The fourth-order valence-corrected chi connectivity index (χ4v) is 1.28. The Morgan fingerprint density at radius 3 is 2.82 bits per heavy atom. The van der Waals surface area contributed by atoms with Crippen molar-refractivity contribution in [3.8, 4) is 0 Å². The van der Waals surface area contributed by atoms with Crippen LogP contribution in [0.2, 0.25) is 0 Å². The number of carbonyl (C=O) groups is 1. The van der Waals surface area contributed by atoms with Gasteiger partial charge in [-0.25, -0.2) is 4.39 Å². The Hall–Kier alpha value is -2.11. The van der Waals surface area contributed by atoms with E-state index < -0.39 is 0 Å². The first-order chi connectivity index (χ1) is 8.08. The van der Waals surface area contributed by atoms with Gasteiger partial charge in [0.15, 0.2) is 5.96 Å². The zero-order chi connectivity index (χ0) is 12.7. The van der Waals surface area contributed by atoms with Gasteiger partial charge in [0.2, 0.25) is 5.91 Å². The number of halogens is 1. The second-order valence-electron chi connectivity index (χ2n) is 3.46. The molecule has 1 rings (SSSR count). The molecule has 0 saturated carbocycles. The third-order valence-electron chi connectivity index (χ3n) is 1.98. The van der Waals surface area contributed by atoms with Gasteiger partial charge in [0, 0.05) is 6.54 Å². The van der Waals surface area contributed by atoms with Gasteiger partial charge in [0.1, 0.15) is 5.82 Å². The van der Waals surface area contributed by atoms with Gasteiger partial charge in [-0.3, -0.25) is 9.79 Å². The van der Waals surface area contributed by atoms with Gasteiger partial charge in [0.25, 0.3) is 0 Å². The van der Waals surface area contributed by atoms with Crippen LogP contribution in [0.5, 0.6) is 0 Å². The number of amides is 1. The summed E-state index contributed by atoms with van der Waals surface area (Å²) in [5.41, 5.74) is 10.9. The molecule has 6 heteroatoms. The zero-order valence-electron chi connectivity index (χ0n) is 9.32. The van der Waals surface area contributed by atoms with Crippen molar-refractivity contribution in [2.24, 2.45) is 16.5 Å². The van der Waals surface area contributed by atoms with Crippen LogP contribution in [0.4, 0.5) is 4.39 Å².